The Morgan fingerprint density at radius 3 is 2.44 bits per heavy atom. The van der Waals surface area contributed by atoms with E-state index in [1.165, 1.54) is 18.9 Å². The molecule has 3 rings (SSSR count). The molecule has 1 aromatic rings. The van der Waals surface area contributed by atoms with Gasteiger partial charge in [-0.3, -0.25) is 0 Å². The van der Waals surface area contributed by atoms with Gasteiger partial charge in [-0.05, 0) is 25.7 Å². The maximum absolute atomic E-state index is 12.8. The first-order valence-electron chi connectivity index (χ1n) is 6.66. The van der Waals surface area contributed by atoms with Crippen molar-refractivity contribution < 1.29 is 8.78 Å². The van der Waals surface area contributed by atoms with Crippen molar-refractivity contribution in [1.82, 2.24) is 9.97 Å². The molecule has 2 saturated carbocycles. The van der Waals surface area contributed by atoms with E-state index in [1.54, 1.807) is 0 Å². The monoisotopic (exact) mass is 253 g/mol. The average Bonchev–Trinajstić information content (AvgIpc) is 3.09. The Morgan fingerprint density at radius 2 is 1.83 bits per heavy atom. The smallest absolute Gasteiger partial charge is 0.280 e. The molecule has 18 heavy (non-hydrogen) atoms. The van der Waals surface area contributed by atoms with Crippen LogP contribution in [0.15, 0.2) is 6.07 Å². The van der Waals surface area contributed by atoms with Crippen molar-refractivity contribution in [2.24, 2.45) is 0 Å². The standard InChI is InChI=1S/C13H17F2N3/c14-12(15)10-7-11(16-9-3-1-2-4-9)18-13(17-10)8-5-6-8/h7-9,12H,1-6H2,(H,16,17,18). The number of anilines is 1. The highest BCUT2D eigenvalue weighted by atomic mass is 19.3. The third kappa shape index (κ3) is 2.60. The minimum absolute atomic E-state index is 0.146. The number of halogens is 2. The molecule has 0 saturated heterocycles. The summed E-state index contributed by atoms with van der Waals surface area (Å²) in [4.78, 5) is 8.35. The zero-order chi connectivity index (χ0) is 12.5. The van der Waals surface area contributed by atoms with Crippen LogP contribution in [0.4, 0.5) is 14.6 Å². The Kier molecular flexibility index (Phi) is 3.14. The lowest BCUT2D eigenvalue weighted by Gasteiger charge is -2.14. The van der Waals surface area contributed by atoms with E-state index in [9.17, 15) is 8.78 Å². The Morgan fingerprint density at radius 1 is 1.11 bits per heavy atom. The van der Waals surface area contributed by atoms with E-state index in [4.69, 9.17) is 0 Å². The molecular formula is C13H17F2N3. The predicted octanol–water partition coefficient (Wildman–Crippen LogP) is 3.65. The maximum Gasteiger partial charge on any atom is 0.280 e. The van der Waals surface area contributed by atoms with Gasteiger partial charge in [-0.25, -0.2) is 18.7 Å². The molecule has 0 aromatic carbocycles. The molecule has 0 radical (unpaired) electrons. The average molecular weight is 253 g/mol. The van der Waals surface area contributed by atoms with Gasteiger partial charge < -0.3 is 5.32 Å². The Hall–Kier alpha value is -1.26. The highest BCUT2D eigenvalue weighted by Crippen LogP contribution is 2.39. The molecule has 2 aliphatic carbocycles. The van der Waals surface area contributed by atoms with E-state index in [-0.39, 0.29) is 5.69 Å². The number of alkyl halides is 2. The van der Waals surface area contributed by atoms with Crippen LogP contribution in [0.5, 0.6) is 0 Å². The minimum Gasteiger partial charge on any atom is -0.367 e. The number of nitrogens with one attached hydrogen (secondary N) is 1. The van der Waals surface area contributed by atoms with Gasteiger partial charge in [0.2, 0.25) is 0 Å². The van der Waals surface area contributed by atoms with Crippen LogP contribution in [0, 0.1) is 0 Å². The summed E-state index contributed by atoms with van der Waals surface area (Å²) < 4.78 is 25.6. The van der Waals surface area contributed by atoms with Crippen LogP contribution in [0.3, 0.4) is 0 Å². The summed E-state index contributed by atoms with van der Waals surface area (Å²) in [6.07, 6.45) is 4.15. The molecule has 5 heteroatoms. The van der Waals surface area contributed by atoms with Crippen LogP contribution in [-0.4, -0.2) is 16.0 Å². The first-order valence-corrected chi connectivity index (χ1v) is 6.66. The second-order valence-electron chi connectivity index (χ2n) is 5.24. The molecule has 3 nitrogen and oxygen atoms in total. The highest BCUT2D eigenvalue weighted by molar-refractivity contribution is 5.38. The lowest BCUT2D eigenvalue weighted by molar-refractivity contribution is 0.145. The van der Waals surface area contributed by atoms with E-state index in [0.717, 1.165) is 25.7 Å². The van der Waals surface area contributed by atoms with Gasteiger partial charge in [0.15, 0.2) is 0 Å². The van der Waals surface area contributed by atoms with Crippen LogP contribution in [0.1, 0.15) is 62.4 Å². The second-order valence-corrected chi connectivity index (χ2v) is 5.24. The van der Waals surface area contributed by atoms with E-state index in [2.05, 4.69) is 15.3 Å². The molecule has 2 aliphatic rings. The molecule has 0 aliphatic heterocycles. The summed E-state index contributed by atoms with van der Waals surface area (Å²) in [6, 6.07) is 1.78. The van der Waals surface area contributed by atoms with Gasteiger partial charge in [0.25, 0.3) is 6.43 Å². The molecule has 1 N–H and O–H groups in total. The van der Waals surface area contributed by atoms with Crippen LogP contribution in [0.25, 0.3) is 0 Å². The predicted molar refractivity (Wildman–Crippen MR) is 64.8 cm³/mol. The summed E-state index contributed by atoms with van der Waals surface area (Å²) >= 11 is 0. The van der Waals surface area contributed by atoms with Gasteiger partial charge in [0.05, 0.1) is 0 Å². The molecule has 2 fully saturated rings. The number of hydrogen-bond donors (Lipinski definition) is 1. The lowest BCUT2D eigenvalue weighted by Crippen LogP contribution is -2.16. The number of rotatable bonds is 4. The molecule has 0 unspecified atom stereocenters. The summed E-state index contributed by atoms with van der Waals surface area (Å²) in [6.45, 7) is 0. The third-order valence-corrected chi connectivity index (χ3v) is 3.64. The van der Waals surface area contributed by atoms with Gasteiger partial charge in [-0.2, -0.15) is 0 Å². The van der Waals surface area contributed by atoms with Gasteiger partial charge in [-0.1, -0.05) is 12.8 Å². The summed E-state index contributed by atoms with van der Waals surface area (Å²) in [7, 11) is 0. The molecular weight excluding hydrogens is 236 g/mol. The highest BCUT2D eigenvalue weighted by Gasteiger charge is 2.28. The maximum atomic E-state index is 12.8. The zero-order valence-corrected chi connectivity index (χ0v) is 10.2. The summed E-state index contributed by atoms with van der Waals surface area (Å²) in [5.41, 5.74) is -0.146. The zero-order valence-electron chi connectivity index (χ0n) is 10.2. The Labute approximate surface area is 105 Å². The first-order chi connectivity index (χ1) is 8.72. The summed E-state index contributed by atoms with van der Waals surface area (Å²) in [5.74, 6) is 1.47. The van der Waals surface area contributed by atoms with Crippen LogP contribution < -0.4 is 5.32 Å². The lowest BCUT2D eigenvalue weighted by atomic mass is 10.2. The van der Waals surface area contributed by atoms with Crippen molar-refractivity contribution in [3.63, 3.8) is 0 Å². The van der Waals surface area contributed by atoms with E-state index in [1.807, 2.05) is 0 Å². The summed E-state index contributed by atoms with van der Waals surface area (Å²) in [5, 5.41) is 3.27. The third-order valence-electron chi connectivity index (χ3n) is 3.64. The number of hydrogen-bond acceptors (Lipinski definition) is 3. The molecule has 1 heterocycles. The molecule has 0 amide bonds. The SMILES string of the molecule is FC(F)c1cc(NC2CCCC2)nc(C2CC2)n1. The second kappa shape index (κ2) is 4.78. The largest absolute Gasteiger partial charge is 0.367 e. The molecule has 1 aromatic heterocycles. The van der Waals surface area contributed by atoms with Crippen LogP contribution >= 0.6 is 0 Å². The van der Waals surface area contributed by atoms with Crippen molar-refractivity contribution in [3.05, 3.63) is 17.6 Å². The fraction of sp³-hybridized carbons (Fsp3) is 0.692. The van der Waals surface area contributed by atoms with Crippen LogP contribution in [0.2, 0.25) is 0 Å². The van der Waals surface area contributed by atoms with Crippen molar-refractivity contribution in [3.8, 4) is 0 Å². The molecule has 0 spiro atoms. The van der Waals surface area contributed by atoms with Gasteiger partial charge in [0, 0.05) is 18.0 Å². The van der Waals surface area contributed by atoms with Crippen molar-refractivity contribution in [2.45, 2.75) is 56.9 Å². The topological polar surface area (TPSA) is 37.8 Å². The van der Waals surface area contributed by atoms with Gasteiger partial charge in [-0.15, -0.1) is 0 Å². The molecule has 0 bridgehead atoms. The van der Waals surface area contributed by atoms with Crippen LogP contribution in [-0.2, 0) is 0 Å². The van der Waals surface area contributed by atoms with Crippen molar-refractivity contribution in [2.75, 3.05) is 5.32 Å². The Bertz CT molecular complexity index is 406. The van der Waals surface area contributed by atoms with Crippen molar-refractivity contribution in [1.29, 1.82) is 0 Å². The molecule has 0 atom stereocenters. The fourth-order valence-electron chi connectivity index (χ4n) is 2.47. The number of nitrogens with zero attached hydrogens (tertiary/aromatic N) is 2. The van der Waals surface area contributed by atoms with Gasteiger partial charge in [0.1, 0.15) is 17.3 Å². The quantitative estimate of drug-likeness (QED) is 0.890. The minimum atomic E-state index is -2.52. The molecule has 98 valence electrons. The van der Waals surface area contributed by atoms with E-state index < -0.39 is 6.43 Å². The van der Waals surface area contributed by atoms with E-state index in [0.29, 0.717) is 23.6 Å². The normalized spacial score (nSPS) is 20.6. The number of aromatic nitrogens is 2. The first kappa shape index (κ1) is 11.8. The van der Waals surface area contributed by atoms with E-state index >= 15 is 0 Å². The van der Waals surface area contributed by atoms with Gasteiger partial charge >= 0.3 is 0 Å². The fourth-order valence-corrected chi connectivity index (χ4v) is 2.47. The Balaban J connectivity index is 1.82. The van der Waals surface area contributed by atoms with Crippen molar-refractivity contribution >= 4 is 5.82 Å².